The number of carbonyl (C=O) groups is 1. The predicted octanol–water partition coefficient (Wildman–Crippen LogP) is 5.22. The van der Waals surface area contributed by atoms with Crippen LogP contribution in [0.4, 0.5) is 22.1 Å². The van der Waals surface area contributed by atoms with Gasteiger partial charge >= 0.3 is 6.09 Å². The highest BCUT2D eigenvalue weighted by Crippen LogP contribution is 2.30. The third-order valence-electron chi connectivity index (χ3n) is 6.35. The van der Waals surface area contributed by atoms with Crippen LogP contribution in [0.1, 0.15) is 27.7 Å². The standard InChI is InChI=1S/C29H34N8O2/c1-5-37-20-24(26(34-37)21-8-7-12-30-19-21)25-11-13-31-27(33-25)32-22-9-6-10-23(18-22)35-14-16-36(17-15-35)28(38)39-29(2,3)4/h6-13,18-20H,5,14-17H2,1-4H3,(H,31,32,33). The molecule has 4 aromatic rings. The van der Waals surface area contributed by atoms with Crippen molar-refractivity contribution >= 4 is 23.4 Å². The topological polar surface area (TPSA) is 101 Å². The number of rotatable bonds is 6. The van der Waals surface area contributed by atoms with E-state index in [2.05, 4.69) is 39.2 Å². The van der Waals surface area contributed by atoms with Crippen LogP contribution in [0.3, 0.4) is 0 Å². The van der Waals surface area contributed by atoms with Crippen molar-refractivity contribution in [3.05, 3.63) is 67.3 Å². The Morgan fingerprint density at radius 1 is 1.05 bits per heavy atom. The van der Waals surface area contributed by atoms with Crippen molar-refractivity contribution in [3.63, 3.8) is 0 Å². The van der Waals surface area contributed by atoms with Crippen molar-refractivity contribution in [2.45, 2.75) is 39.8 Å². The van der Waals surface area contributed by atoms with Gasteiger partial charge in [0.1, 0.15) is 11.3 Å². The molecule has 1 aliphatic heterocycles. The molecule has 1 N–H and O–H groups in total. The van der Waals surface area contributed by atoms with E-state index >= 15 is 0 Å². The molecule has 1 aromatic carbocycles. The number of pyridine rings is 1. The van der Waals surface area contributed by atoms with Gasteiger partial charge in [0.25, 0.3) is 0 Å². The summed E-state index contributed by atoms with van der Waals surface area (Å²) in [5.41, 5.74) is 4.94. The van der Waals surface area contributed by atoms with Crippen LogP contribution >= 0.6 is 0 Å². The fraction of sp³-hybridized carbons (Fsp3) is 0.345. The maximum absolute atomic E-state index is 12.4. The smallest absolute Gasteiger partial charge is 0.410 e. The highest BCUT2D eigenvalue weighted by Gasteiger charge is 2.26. The van der Waals surface area contributed by atoms with Gasteiger partial charge in [-0.15, -0.1) is 0 Å². The molecule has 0 unspecified atom stereocenters. The average Bonchev–Trinajstić information content (AvgIpc) is 3.38. The Balaban J connectivity index is 1.30. The van der Waals surface area contributed by atoms with Gasteiger partial charge in [-0.05, 0) is 64.1 Å². The Kier molecular flexibility index (Phi) is 7.44. The third kappa shape index (κ3) is 6.34. The molecule has 4 heterocycles. The van der Waals surface area contributed by atoms with Crippen LogP contribution in [0.2, 0.25) is 0 Å². The van der Waals surface area contributed by atoms with Crippen molar-refractivity contribution in [1.29, 1.82) is 0 Å². The normalized spacial score (nSPS) is 13.8. The molecule has 0 radical (unpaired) electrons. The summed E-state index contributed by atoms with van der Waals surface area (Å²) >= 11 is 0. The SMILES string of the molecule is CCn1cc(-c2ccnc(Nc3cccc(N4CCN(C(=O)OC(C)(C)C)CC4)c3)n2)c(-c2cccnc2)n1. The lowest BCUT2D eigenvalue weighted by atomic mass is 10.1. The summed E-state index contributed by atoms with van der Waals surface area (Å²) in [5.74, 6) is 0.501. The van der Waals surface area contributed by atoms with Crippen molar-refractivity contribution < 1.29 is 9.53 Å². The second-order valence-corrected chi connectivity index (χ2v) is 10.4. The Bertz CT molecular complexity index is 1420. The summed E-state index contributed by atoms with van der Waals surface area (Å²) in [7, 11) is 0. The minimum absolute atomic E-state index is 0.259. The lowest BCUT2D eigenvalue weighted by molar-refractivity contribution is 0.0240. The molecule has 0 spiro atoms. The molecule has 1 saturated heterocycles. The number of nitrogens with one attached hydrogen (secondary N) is 1. The number of aromatic nitrogens is 5. The number of hydrogen-bond donors (Lipinski definition) is 1. The fourth-order valence-corrected chi connectivity index (χ4v) is 4.44. The molecule has 10 nitrogen and oxygen atoms in total. The summed E-state index contributed by atoms with van der Waals surface area (Å²) in [6.45, 7) is 11.2. The van der Waals surface area contributed by atoms with E-state index in [0.717, 1.165) is 53.5 Å². The van der Waals surface area contributed by atoms with Crippen LogP contribution in [-0.4, -0.2) is 67.5 Å². The number of aryl methyl sites for hydroxylation is 1. The fourth-order valence-electron chi connectivity index (χ4n) is 4.44. The number of amides is 1. The first-order chi connectivity index (χ1) is 18.8. The number of anilines is 3. The van der Waals surface area contributed by atoms with Crippen LogP contribution in [-0.2, 0) is 11.3 Å². The van der Waals surface area contributed by atoms with E-state index in [4.69, 9.17) is 14.8 Å². The summed E-state index contributed by atoms with van der Waals surface area (Å²) in [6.07, 6.45) is 7.06. The number of piperazine rings is 1. The number of hydrogen-bond acceptors (Lipinski definition) is 8. The van der Waals surface area contributed by atoms with Gasteiger partial charge in [-0.3, -0.25) is 9.67 Å². The summed E-state index contributed by atoms with van der Waals surface area (Å²) in [6, 6.07) is 13.9. The van der Waals surface area contributed by atoms with E-state index in [-0.39, 0.29) is 6.09 Å². The van der Waals surface area contributed by atoms with E-state index in [9.17, 15) is 4.79 Å². The molecule has 1 amide bonds. The van der Waals surface area contributed by atoms with E-state index in [0.29, 0.717) is 19.0 Å². The maximum atomic E-state index is 12.4. The number of carbonyl (C=O) groups excluding carboxylic acids is 1. The Morgan fingerprint density at radius 3 is 2.59 bits per heavy atom. The maximum Gasteiger partial charge on any atom is 0.410 e. The van der Waals surface area contributed by atoms with Gasteiger partial charge in [0, 0.05) is 80.0 Å². The van der Waals surface area contributed by atoms with Crippen molar-refractivity contribution in [3.8, 4) is 22.5 Å². The molecule has 1 fully saturated rings. The zero-order valence-corrected chi connectivity index (χ0v) is 22.8. The first-order valence-electron chi connectivity index (χ1n) is 13.2. The predicted molar refractivity (Wildman–Crippen MR) is 152 cm³/mol. The molecular weight excluding hydrogens is 492 g/mol. The van der Waals surface area contributed by atoms with E-state index in [1.807, 2.05) is 68.2 Å². The minimum atomic E-state index is -0.496. The third-order valence-corrected chi connectivity index (χ3v) is 6.35. The Morgan fingerprint density at radius 2 is 1.87 bits per heavy atom. The first-order valence-corrected chi connectivity index (χ1v) is 13.2. The number of benzene rings is 1. The quantitative estimate of drug-likeness (QED) is 0.365. The summed E-state index contributed by atoms with van der Waals surface area (Å²) in [5, 5.41) is 8.10. The minimum Gasteiger partial charge on any atom is -0.444 e. The van der Waals surface area contributed by atoms with Crippen LogP contribution in [0.15, 0.2) is 67.3 Å². The molecule has 3 aromatic heterocycles. The Labute approximate surface area is 228 Å². The zero-order valence-electron chi connectivity index (χ0n) is 22.8. The van der Waals surface area contributed by atoms with E-state index < -0.39 is 5.60 Å². The second-order valence-electron chi connectivity index (χ2n) is 10.4. The molecule has 0 saturated carbocycles. The van der Waals surface area contributed by atoms with E-state index in [1.165, 1.54) is 0 Å². The van der Waals surface area contributed by atoms with Gasteiger partial charge in [0.05, 0.1) is 5.69 Å². The van der Waals surface area contributed by atoms with Gasteiger partial charge in [-0.2, -0.15) is 5.10 Å². The highest BCUT2D eigenvalue weighted by atomic mass is 16.6. The van der Waals surface area contributed by atoms with Crippen molar-refractivity contribution in [2.24, 2.45) is 0 Å². The van der Waals surface area contributed by atoms with Gasteiger partial charge in [-0.1, -0.05) is 6.07 Å². The molecule has 0 aliphatic carbocycles. The van der Waals surface area contributed by atoms with Gasteiger partial charge < -0.3 is 19.9 Å². The van der Waals surface area contributed by atoms with Crippen molar-refractivity contribution in [1.82, 2.24) is 29.6 Å². The van der Waals surface area contributed by atoms with E-state index in [1.54, 1.807) is 17.3 Å². The second kappa shape index (κ2) is 11.1. The summed E-state index contributed by atoms with van der Waals surface area (Å²) < 4.78 is 7.42. The van der Waals surface area contributed by atoms with Gasteiger partial charge in [0.15, 0.2) is 0 Å². The largest absolute Gasteiger partial charge is 0.444 e. The summed E-state index contributed by atoms with van der Waals surface area (Å²) in [4.78, 5) is 30.0. The van der Waals surface area contributed by atoms with Gasteiger partial charge in [0.2, 0.25) is 5.95 Å². The monoisotopic (exact) mass is 526 g/mol. The average molecular weight is 527 g/mol. The zero-order chi connectivity index (χ0) is 27.4. The number of nitrogens with zero attached hydrogens (tertiary/aromatic N) is 7. The van der Waals surface area contributed by atoms with Crippen LogP contribution < -0.4 is 10.2 Å². The van der Waals surface area contributed by atoms with Crippen LogP contribution in [0.25, 0.3) is 22.5 Å². The van der Waals surface area contributed by atoms with Gasteiger partial charge in [-0.25, -0.2) is 14.8 Å². The van der Waals surface area contributed by atoms with Crippen LogP contribution in [0, 0.1) is 0 Å². The Hall–Kier alpha value is -4.47. The molecule has 1 aliphatic rings. The van der Waals surface area contributed by atoms with Crippen LogP contribution in [0.5, 0.6) is 0 Å². The first kappa shape index (κ1) is 26.1. The molecular formula is C29H34N8O2. The molecule has 202 valence electrons. The molecule has 0 atom stereocenters. The number of ether oxygens (including phenoxy) is 1. The molecule has 10 heteroatoms. The molecule has 0 bridgehead atoms. The lowest BCUT2D eigenvalue weighted by Gasteiger charge is -2.36. The van der Waals surface area contributed by atoms with Crippen molar-refractivity contribution in [2.75, 3.05) is 36.4 Å². The lowest BCUT2D eigenvalue weighted by Crippen LogP contribution is -2.50. The molecule has 5 rings (SSSR count). The molecule has 39 heavy (non-hydrogen) atoms. The highest BCUT2D eigenvalue weighted by molar-refractivity contribution is 5.78.